The summed E-state index contributed by atoms with van der Waals surface area (Å²) in [5.74, 6) is -3.41. The number of hydrogen-bond acceptors (Lipinski definition) is 2. The Morgan fingerprint density at radius 1 is 1.50 bits per heavy atom. The van der Waals surface area contributed by atoms with Gasteiger partial charge in [0.05, 0.1) is 12.0 Å². The highest BCUT2D eigenvalue weighted by atomic mass is 19.1. The van der Waals surface area contributed by atoms with E-state index in [4.69, 9.17) is 10.4 Å². The van der Waals surface area contributed by atoms with E-state index in [1.54, 1.807) is 0 Å². The van der Waals surface area contributed by atoms with Gasteiger partial charge in [-0.15, -0.1) is 0 Å². The second-order valence-electron chi connectivity index (χ2n) is 2.57. The van der Waals surface area contributed by atoms with E-state index >= 15 is 0 Å². The first-order valence-electron chi connectivity index (χ1n) is 3.65. The van der Waals surface area contributed by atoms with Gasteiger partial charge in [0.25, 0.3) is 0 Å². The lowest BCUT2D eigenvalue weighted by Crippen LogP contribution is -2.06. The molecule has 0 unspecified atom stereocenters. The number of aliphatic carboxylic acids is 1. The molecule has 0 atom stereocenters. The van der Waals surface area contributed by atoms with Crippen LogP contribution in [0.2, 0.25) is 0 Å². The third kappa shape index (κ3) is 1.85. The minimum absolute atomic E-state index is 0.359. The number of carboxylic acid groups (broad SMARTS) is 1. The summed E-state index contributed by atoms with van der Waals surface area (Å²) in [6.07, 6.45) is -0.771. The summed E-state index contributed by atoms with van der Waals surface area (Å²) >= 11 is 0. The molecular weight excluding hydrogens is 192 g/mol. The predicted molar refractivity (Wildman–Crippen MR) is 42.4 cm³/mol. The number of rotatable bonds is 2. The number of carboxylic acids is 1. The molecule has 0 saturated carbocycles. The molecule has 0 aliphatic rings. The van der Waals surface area contributed by atoms with E-state index in [-0.39, 0.29) is 5.56 Å². The van der Waals surface area contributed by atoms with Gasteiger partial charge in [0.2, 0.25) is 0 Å². The molecule has 3 nitrogen and oxygen atoms in total. The Kier molecular flexibility index (Phi) is 2.77. The summed E-state index contributed by atoms with van der Waals surface area (Å²) in [6, 6.07) is 3.34. The zero-order chi connectivity index (χ0) is 10.7. The fourth-order valence-corrected chi connectivity index (χ4v) is 0.997. The number of hydrogen-bond donors (Lipinski definition) is 1. The molecule has 0 aliphatic heterocycles. The molecule has 1 aromatic carbocycles. The third-order valence-electron chi connectivity index (χ3n) is 1.63. The quantitative estimate of drug-likeness (QED) is 0.780. The Bertz CT molecular complexity index is 424. The maximum absolute atomic E-state index is 13.2. The topological polar surface area (TPSA) is 61.1 Å². The summed E-state index contributed by atoms with van der Waals surface area (Å²) in [5, 5.41) is 16.8. The second kappa shape index (κ2) is 3.83. The molecule has 0 fully saturated rings. The minimum Gasteiger partial charge on any atom is -0.481 e. The van der Waals surface area contributed by atoms with Gasteiger partial charge in [-0.3, -0.25) is 4.79 Å². The Labute approximate surface area is 78.2 Å². The van der Waals surface area contributed by atoms with Crippen LogP contribution >= 0.6 is 0 Å². The fraction of sp³-hybridized carbons (Fsp3) is 0.111. The van der Waals surface area contributed by atoms with Crippen molar-refractivity contribution in [1.29, 1.82) is 5.26 Å². The summed E-state index contributed by atoms with van der Waals surface area (Å²) in [5.41, 5.74) is -0.945. The zero-order valence-corrected chi connectivity index (χ0v) is 6.92. The molecular formula is C9H5F2NO2. The number of halogens is 2. The number of carbonyl (C=O) groups is 1. The normalized spacial score (nSPS) is 9.50. The number of nitrogens with zero attached hydrogens (tertiary/aromatic N) is 1. The van der Waals surface area contributed by atoms with Gasteiger partial charge in [-0.05, 0) is 12.1 Å². The first-order chi connectivity index (χ1) is 6.56. The average molecular weight is 197 g/mol. The van der Waals surface area contributed by atoms with Crippen LogP contribution in [0.4, 0.5) is 8.78 Å². The van der Waals surface area contributed by atoms with Crippen molar-refractivity contribution in [3.63, 3.8) is 0 Å². The standard InChI is InChI=1S/C9H5F2NO2/c10-7-2-1-5(4-12)9(11)6(7)3-8(13)14/h1-2H,3H2,(H,13,14). The molecule has 0 radical (unpaired) electrons. The van der Waals surface area contributed by atoms with Gasteiger partial charge in [0.15, 0.2) is 0 Å². The lowest BCUT2D eigenvalue weighted by molar-refractivity contribution is -0.136. The van der Waals surface area contributed by atoms with E-state index in [0.717, 1.165) is 12.1 Å². The monoisotopic (exact) mass is 197 g/mol. The molecule has 72 valence electrons. The SMILES string of the molecule is N#Cc1ccc(F)c(CC(=O)O)c1F. The Morgan fingerprint density at radius 2 is 2.14 bits per heavy atom. The molecule has 0 aliphatic carbocycles. The van der Waals surface area contributed by atoms with Crippen molar-refractivity contribution in [2.24, 2.45) is 0 Å². The van der Waals surface area contributed by atoms with Crippen molar-refractivity contribution in [2.75, 3.05) is 0 Å². The van der Waals surface area contributed by atoms with Crippen LogP contribution in [0.5, 0.6) is 0 Å². The molecule has 0 bridgehead atoms. The highest BCUT2D eigenvalue weighted by Crippen LogP contribution is 2.16. The molecule has 14 heavy (non-hydrogen) atoms. The van der Waals surface area contributed by atoms with Gasteiger partial charge in [-0.2, -0.15) is 5.26 Å². The minimum atomic E-state index is -1.35. The van der Waals surface area contributed by atoms with Crippen molar-refractivity contribution >= 4 is 5.97 Å². The maximum atomic E-state index is 13.2. The van der Waals surface area contributed by atoms with E-state index in [1.807, 2.05) is 0 Å². The van der Waals surface area contributed by atoms with Gasteiger partial charge < -0.3 is 5.11 Å². The van der Waals surface area contributed by atoms with Crippen molar-refractivity contribution in [2.45, 2.75) is 6.42 Å². The van der Waals surface area contributed by atoms with Crippen LogP contribution in [-0.4, -0.2) is 11.1 Å². The molecule has 0 spiro atoms. The zero-order valence-electron chi connectivity index (χ0n) is 6.92. The van der Waals surface area contributed by atoms with Crippen molar-refractivity contribution in [1.82, 2.24) is 0 Å². The van der Waals surface area contributed by atoms with Crippen LogP contribution in [0.3, 0.4) is 0 Å². The average Bonchev–Trinajstić information content (AvgIpc) is 2.12. The van der Waals surface area contributed by atoms with Gasteiger partial charge in [-0.25, -0.2) is 8.78 Å². The van der Waals surface area contributed by atoms with Crippen LogP contribution < -0.4 is 0 Å². The molecule has 1 aromatic rings. The third-order valence-corrected chi connectivity index (χ3v) is 1.63. The molecule has 1 N–H and O–H groups in total. The van der Waals surface area contributed by atoms with Crippen molar-refractivity contribution in [3.8, 4) is 6.07 Å². The van der Waals surface area contributed by atoms with Crippen LogP contribution in [0, 0.1) is 23.0 Å². The Hall–Kier alpha value is -1.96. The molecule has 0 amide bonds. The van der Waals surface area contributed by atoms with E-state index in [1.165, 1.54) is 6.07 Å². The number of nitriles is 1. The lowest BCUT2D eigenvalue weighted by atomic mass is 10.1. The predicted octanol–water partition coefficient (Wildman–Crippen LogP) is 1.46. The molecule has 0 aromatic heterocycles. The Balaban J connectivity index is 3.27. The van der Waals surface area contributed by atoms with E-state index < -0.39 is 29.6 Å². The van der Waals surface area contributed by atoms with Gasteiger partial charge in [-0.1, -0.05) is 0 Å². The molecule has 0 heterocycles. The van der Waals surface area contributed by atoms with Gasteiger partial charge in [0, 0.05) is 5.56 Å². The first-order valence-corrected chi connectivity index (χ1v) is 3.65. The summed E-state index contributed by atoms with van der Waals surface area (Å²) < 4.78 is 26.1. The fourth-order valence-electron chi connectivity index (χ4n) is 0.997. The van der Waals surface area contributed by atoms with Crippen molar-refractivity contribution < 1.29 is 18.7 Å². The van der Waals surface area contributed by atoms with Crippen molar-refractivity contribution in [3.05, 3.63) is 34.9 Å². The van der Waals surface area contributed by atoms with Gasteiger partial charge in [0.1, 0.15) is 17.7 Å². The highest BCUT2D eigenvalue weighted by Gasteiger charge is 2.15. The van der Waals surface area contributed by atoms with E-state index in [9.17, 15) is 13.6 Å². The largest absolute Gasteiger partial charge is 0.481 e. The summed E-state index contributed by atoms with van der Waals surface area (Å²) in [6.45, 7) is 0. The molecule has 1 rings (SSSR count). The van der Waals surface area contributed by atoms with Crippen LogP contribution in [0.25, 0.3) is 0 Å². The molecule has 0 saturated heterocycles. The lowest BCUT2D eigenvalue weighted by Gasteiger charge is -2.02. The Morgan fingerprint density at radius 3 is 2.64 bits per heavy atom. The van der Waals surface area contributed by atoms with Crippen LogP contribution in [-0.2, 0) is 11.2 Å². The maximum Gasteiger partial charge on any atom is 0.308 e. The van der Waals surface area contributed by atoms with Crippen LogP contribution in [0.1, 0.15) is 11.1 Å². The molecule has 5 heteroatoms. The summed E-state index contributed by atoms with van der Waals surface area (Å²) in [4.78, 5) is 10.3. The van der Waals surface area contributed by atoms with Gasteiger partial charge >= 0.3 is 5.97 Å². The highest BCUT2D eigenvalue weighted by molar-refractivity contribution is 5.70. The smallest absolute Gasteiger partial charge is 0.308 e. The second-order valence-corrected chi connectivity index (χ2v) is 2.57. The summed E-state index contributed by atoms with van der Waals surface area (Å²) in [7, 11) is 0. The van der Waals surface area contributed by atoms with E-state index in [2.05, 4.69) is 0 Å². The first kappa shape index (κ1) is 10.1. The van der Waals surface area contributed by atoms with E-state index in [0.29, 0.717) is 0 Å². The number of benzene rings is 1. The van der Waals surface area contributed by atoms with Crippen LogP contribution in [0.15, 0.2) is 12.1 Å².